The maximum Gasteiger partial charge on any atom is 0.339 e. The molecule has 1 aliphatic heterocycles. The predicted molar refractivity (Wildman–Crippen MR) is 131 cm³/mol. The zero-order chi connectivity index (χ0) is 25.7. The number of amides is 1. The van der Waals surface area contributed by atoms with E-state index < -0.39 is 34.4 Å². The first-order valence-corrected chi connectivity index (χ1v) is 12.7. The molecule has 0 radical (unpaired) electrons. The first-order valence-electron chi connectivity index (χ1n) is 11.3. The van der Waals surface area contributed by atoms with Crippen LogP contribution in [0, 0.1) is 12.8 Å². The monoisotopic (exact) mass is 507 g/mol. The summed E-state index contributed by atoms with van der Waals surface area (Å²) in [5, 5.41) is 0. The van der Waals surface area contributed by atoms with Gasteiger partial charge in [0.1, 0.15) is 10.6 Å². The molecule has 1 fully saturated rings. The van der Waals surface area contributed by atoms with E-state index in [0.717, 1.165) is 11.1 Å². The van der Waals surface area contributed by atoms with Crippen molar-refractivity contribution < 1.29 is 31.7 Å². The predicted octanol–water partition coefficient (Wildman–Crippen LogP) is 3.54. The van der Waals surface area contributed by atoms with Crippen LogP contribution in [0.2, 0.25) is 0 Å². The summed E-state index contributed by atoms with van der Waals surface area (Å²) in [7, 11) is -4.01. The highest BCUT2D eigenvalue weighted by molar-refractivity contribution is 7.87. The molecule has 3 aromatic rings. The van der Waals surface area contributed by atoms with Crippen molar-refractivity contribution in [1.82, 2.24) is 4.90 Å². The summed E-state index contributed by atoms with van der Waals surface area (Å²) in [4.78, 5) is 38.8. The van der Waals surface area contributed by atoms with Crippen molar-refractivity contribution in [3.8, 4) is 5.75 Å². The van der Waals surface area contributed by atoms with Gasteiger partial charge >= 0.3 is 16.1 Å². The quantitative estimate of drug-likeness (QED) is 0.248. The number of carbonyl (C=O) groups excluding carboxylic acids is 3. The molecule has 0 unspecified atom stereocenters. The summed E-state index contributed by atoms with van der Waals surface area (Å²) in [6.07, 6.45) is 0.0430. The minimum atomic E-state index is -4.01. The van der Waals surface area contributed by atoms with Crippen LogP contribution in [0.15, 0.2) is 83.8 Å². The van der Waals surface area contributed by atoms with Crippen molar-refractivity contribution in [2.75, 3.05) is 13.2 Å². The fourth-order valence-electron chi connectivity index (χ4n) is 3.80. The molecular formula is C27H25NO7S. The Bertz CT molecular complexity index is 1350. The average Bonchev–Trinajstić information content (AvgIpc) is 3.23. The van der Waals surface area contributed by atoms with Crippen LogP contribution >= 0.6 is 0 Å². The molecule has 4 rings (SSSR count). The smallest absolute Gasteiger partial charge is 0.339 e. The van der Waals surface area contributed by atoms with Gasteiger partial charge in [0, 0.05) is 25.1 Å². The van der Waals surface area contributed by atoms with Crippen molar-refractivity contribution in [3.05, 3.63) is 95.6 Å². The molecule has 0 spiro atoms. The third-order valence-corrected chi connectivity index (χ3v) is 7.06. The van der Waals surface area contributed by atoms with Gasteiger partial charge in [-0.05, 0) is 48.9 Å². The highest BCUT2D eigenvalue weighted by Crippen LogP contribution is 2.22. The average molecular weight is 508 g/mol. The maximum absolute atomic E-state index is 12.5. The molecule has 9 heteroatoms. The van der Waals surface area contributed by atoms with Gasteiger partial charge in [-0.2, -0.15) is 8.42 Å². The SMILES string of the molecule is Cc1ccc(S(=O)(=O)Oc2ccc(C(=O)COC(=O)[C@H]3CC(=O)N(Cc4ccccc4)C3)cc2)cc1. The van der Waals surface area contributed by atoms with Gasteiger partial charge in [-0.3, -0.25) is 14.4 Å². The van der Waals surface area contributed by atoms with Crippen LogP contribution < -0.4 is 4.18 Å². The lowest BCUT2D eigenvalue weighted by Crippen LogP contribution is -2.27. The maximum atomic E-state index is 12.5. The highest BCUT2D eigenvalue weighted by Gasteiger charge is 2.35. The summed E-state index contributed by atoms with van der Waals surface area (Å²) in [6.45, 7) is 2.01. The van der Waals surface area contributed by atoms with Crippen molar-refractivity contribution in [3.63, 3.8) is 0 Å². The van der Waals surface area contributed by atoms with E-state index >= 15 is 0 Å². The minimum Gasteiger partial charge on any atom is -0.457 e. The second-order valence-electron chi connectivity index (χ2n) is 8.57. The fraction of sp³-hybridized carbons (Fsp3) is 0.222. The van der Waals surface area contributed by atoms with Crippen LogP contribution in [-0.4, -0.2) is 44.1 Å². The second kappa shape index (κ2) is 10.7. The molecule has 0 saturated carbocycles. The molecule has 186 valence electrons. The summed E-state index contributed by atoms with van der Waals surface area (Å²) in [6, 6.07) is 21.2. The number of carbonyl (C=O) groups is 3. The number of aryl methyl sites for hydroxylation is 1. The molecule has 36 heavy (non-hydrogen) atoms. The minimum absolute atomic E-state index is 0.0212. The largest absolute Gasteiger partial charge is 0.457 e. The van der Waals surface area contributed by atoms with E-state index in [0.29, 0.717) is 6.54 Å². The third-order valence-electron chi connectivity index (χ3n) is 5.80. The number of esters is 1. The van der Waals surface area contributed by atoms with Crippen molar-refractivity contribution in [1.29, 1.82) is 0 Å². The third kappa shape index (κ3) is 6.17. The lowest BCUT2D eigenvalue weighted by molar-refractivity contribution is -0.147. The molecule has 1 aliphatic rings. The number of ether oxygens (including phenoxy) is 1. The number of benzene rings is 3. The Hall–Kier alpha value is -3.98. The molecule has 0 N–H and O–H groups in total. The summed E-state index contributed by atoms with van der Waals surface area (Å²) in [5.74, 6) is -1.77. The summed E-state index contributed by atoms with van der Waals surface area (Å²) >= 11 is 0. The van der Waals surface area contributed by atoms with Crippen molar-refractivity contribution in [2.45, 2.75) is 24.8 Å². The number of Topliss-reactive ketones (excluding diaryl/α,β-unsaturated/α-hetero) is 1. The molecule has 0 aliphatic carbocycles. The van der Waals surface area contributed by atoms with Gasteiger partial charge < -0.3 is 13.8 Å². The van der Waals surface area contributed by atoms with Gasteiger partial charge in [0.15, 0.2) is 12.4 Å². The number of nitrogens with zero attached hydrogens (tertiary/aromatic N) is 1. The normalized spacial score (nSPS) is 15.5. The Balaban J connectivity index is 1.28. The molecule has 1 atom stereocenters. The number of rotatable bonds is 9. The van der Waals surface area contributed by atoms with E-state index in [1.165, 1.54) is 36.4 Å². The topological polar surface area (TPSA) is 107 Å². The molecule has 8 nitrogen and oxygen atoms in total. The first-order chi connectivity index (χ1) is 17.2. The van der Waals surface area contributed by atoms with Crippen LogP contribution in [0.1, 0.15) is 27.9 Å². The van der Waals surface area contributed by atoms with E-state index in [-0.39, 0.29) is 35.1 Å². The van der Waals surface area contributed by atoms with E-state index in [1.807, 2.05) is 37.3 Å². The molecule has 0 aromatic heterocycles. The van der Waals surface area contributed by atoms with Gasteiger partial charge in [-0.15, -0.1) is 0 Å². The molecular weight excluding hydrogens is 482 g/mol. The van der Waals surface area contributed by atoms with Crippen LogP contribution in [0.4, 0.5) is 0 Å². The Kier molecular flexibility index (Phi) is 7.49. The van der Waals surface area contributed by atoms with Gasteiger partial charge in [0.05, 0.1) is 5.92 Å². The Morgan fingerprint density at radius 2 is 1.61 bits per heavy atom. The van der Waals surface area contributed by atoms with E-state index in [9.17, 15) is 22.8 Å². The lowest BCUT2D eigenvalue weighted by Gasteiger charge is -2.16. The van der Waals surface area contributed by atoms with Gasteiger partial charge in [-0.1, -0.05) is 48.0 Å². The second-order valence-corrected chi connectivity index (χ2v) is 10.1. The Morgan fingerprint density at radius 1 is 0.944 bits per heavy atom. The lowest BCUT2D eigenvalue weighted by atomic mass is 10.1. The zero-order valence-corrected chi connectivity index (χ0v) is 20.4. The Morgan fingerprint density at radius 3 is 2.28 bits per heavy atom. The van der Waals surface area contributed by atoms with E-state index in [2.05, 4.69) is 0 Å². The summed E-state index contributed by atoms with van der Waals surface area (Å²) < 4.78 is 35.1. The number of likely N-dealkylation sites (tertiary alicyclic amines) is 1. The molecule has 0 bridgehead atoms. The highest BCUT2D eigenvalue weighted by atomic mass is 32.2. The number of ketones is 1. The van der Waals surface area contributed by atoms with Gasteiger partial charge in [0.2, 0.25) is 5.91 Å². The Labute approximate surface area is 209 Å². The van der Waals surface area contributed by atoms with Crippen molar-refractivity contribution in [2.24, 2.45) is 5.92 Å². The summed E-state index contributed by atoms with van der Waals surface area (Å²) in [5.41, 5.74) is 2.12. The first kappa shape index (κ1) is 25.1. The number of hydrogen-bond acceptors (Lipinski definition) is 7. The van der Waals surface area contributed by atoms with Crippen LogP contribution in [-0.2, 0) is 31.0 Å². The van der Waals surface area contributed by atoms with Crippen LogP contribution in [0.5, 0.6) is 5.75 Å². The fourth-order valence-corrected chi connectivity index (χ4v) is 4.73. The van der Waals surface area contributed by atoms with E-state index in [4.69, 9.17) is 8.92 Å². The van der Waals surface area contributed by atoms with Crippen molar-refractivity contribution >= 4 is 27.8 Å². The number of hydrogen-bond donors (Lipinski definition) is 0. The molecule has 3 aromatic carbocycles. The van der Waals surface area contributed by atoms with Gasteiger partial charge in [0.25, 0.3) is 0 Å². The van der Waals surface area contributed by atoms with Gasteiger partial charge in [-0.25, -0.2) is 0 Å². The molecule has 1 heterocycles. The van der Waals surface area contributed by atoms with E-state index in [1.54, 1.807) is 17.0 Å². The van der Waals surface area contributed by atoms with Crippen LogP contribution in [0.3, 0.4) is 0 Å². The zero-order valence-electron chi connectivity index (χ0n) is 19.6. The molecule has 1 amide bonds. The standard InChI is InChI=1S/C27H25NO7S/c1-19-7-13-24(14-8-19)36(32,33)35-23-11-9-21(10-12-23)25(29)18-34-27(31)22-15-26(30)28(17-22)16-20-5-3-2-4-6-20/h2-14,22H,15-18H2,1H3/t22-/m0/s1. The molecule has 1 saturated heterocycles. The van der Waals surface area contributed by atoms with Crippen LogP contribution in [0.25, 0.3) is 0 Å².